The largest absolute Gasteiger partial charge is 0.398 e. The van der Waals surface area contributed by atoms with E-state index < -0.39 is 0 Å². The molecule has 0 bridgehead atoms. The summed E-state index contributed by atoms with van der Waals surface area (Å²) in [5, 5.41) is 0. The third kappa shape index (κ3) is 1.42. The molecule has 0 spiro atoms. The van der Waals surface area contributed by atoms with E-state index in [-0.39, 0.29) is 5.82 Å². The van der Waals surface area contributed by atoms with Crippen LogP contribution in [0.4, 0.5) is 10.1 Å². The van der Waals surface area contributed by atoms with Gasteiger partial charge in [0.25, 0.3) is 0 Å². The average molecular weight is 157 g/mol. The molecule has 3 heteroatoms. The highest BCUT2D eigenvalue weighted by molar-refractivity contribution is 7.79. The maximum Gasteiger partial charge on any atom is 0.125 e. The molecule has 0 unspecified atom stereocenters. The van der Waals surface area contributed by atoms with Crippen LogP contribution in [0.25, 0.3) is 0 Å². The maximum absolute atomic E-state index is 12.4. The predicted molar refractivity (Wildman–Crippen MR) is 43.5 cm³/mol. The van der Waals surface area contributed by atoms with Crippen molar-refractivity contribution >= 4 is 18.3 Å². The van der Waals surface area contributed by atoms with Gasteiger partial charge in [0.1, 0.15) is 5.82 Å². The molecule has 0 amide bonds. The van der Waals surface area contributed by atoms with E-state index in [0.29, 0.717) is 11.4 Å². The molecule has 54 valence electrons. The molecule has 0 aliphatic heterocycles. The topological polar surface area (TPSA) is 26.0 Å². The van der Waals surface area contributed by atoms with Gasteiger partial charge < -0.3 is 5.73 Å². The summed E-state index contributed by atoms with van der Waals surface area (Å²) in [5.74, 6) is 0.245. The van der Waals surface area contributed by atoms with Crippen LogP contribution in [0.3, 0.4) is 0 Å². The smallest absolute Gasteiger partial charge is 0.125 e. The van der Waals surface area contributed by atoms with E-state index in [9.17, 15) is 4.39 Å². The lowest BCUT2D eigenvalue weighted by Gasteiger charge is -1.99. The van der Waals surface area contributed by atoms with Crippen molar-refractivity contribution in [1.29, 1.82) is 0 Å². The predicted octanol–water partition coefficient (Wildman–Crippen LogP) is 1.84. The van der Waals surface area contributed by atoms with Crippen LogP contribution < -0.4 is 5.73 Å². The van der Waals surface area contributed by atoms with E-state index in [4.69, 9.17) is 5.73 Å². The number of halogens is 1. The maximum atomic E-state index is 12.4. The van der Waals surface area contributed by atoms with Crippen LogP contribution in [-0.4, -0.2) is 0 Å². The quantitative estimate of drug-likeness (QED) is 0.472. The Bertz CT molecular complexity index is 237. The Balaban J connectivity index is 3.07. The summed E-state index contributed by atoms with van der Waals surface area (Å²) < 4.78 is 12.4. The molecular formula is C7H8FNS. The number of nitrogen functional groups attached to an aromatic ring is 1. The Morgan fingerprint density at radius 2 is 2.20 bits per heavy atom. The van der Waals surface area contributed by atoms with Gasteiger partial charge in [0.05, 0.1) is 0 Å². The number of anilines is 1. The second-order valence-corrected chi connectivity index (χ2v) is 2.32. The summed E-state index contributed by atoms with van der Waals surface area (Å²) in [6.45, 7) is 0. The summed E-state index contributed by atoms with van der Waals surface area (Å²) in [6, 6.07) is 4.31. The van der Waals surface area contributed by atoms with Crippen LogP contribution in [0.2, 0.25) is 0 Å². The zero-order valence-corrected chi connectivity index (χ0v) is 6.24. The second-order valence-electron chi connectivity index (χ2n) is 2.00. The molecule has 10 heavy (non-hydrogen) atoms. The van der Waals surface area contributed by atoms with Crippen LogP contribution in [-0.2, 0) is 5.75 Å². The first kappa shape index (κ1) is 7.41. The van der Waals surface area contributed by atoms with Gasteiger partial charge in [-0.25, -0.2) is 4.39 Å². The highest BCUT2D eigenvalue weighted by Gasteiger charge is 1.96. The van der Waals surface area contributed by atoms with Crippen molar-refractivity contribution in [3.8, 4) is 0 Å². The van der Waals surface area contributed by atoms with Gasteiger partial charge in [-0.15, -0.1) is 0 Å². The van der Waals surface area contributed by atoms with Crippen LogP contribution in [0, 0.1) is 5.82 Å². The summed E-state index contributed by atoms with van der Waals surface area (Å²) in [4.78, 5) is 0. The first-order valence-corrected chi connectivity index (χ1v) is 3.52. The number of hydrogen-bond acceptors (Lipinski definition) is 2. The highest BCUT2D eigenvalue weighted by atomic mass is 32.1. The standard InChI is InChI=1S/C7H8FNS/c8-6-2-1-5(4-10)7(9)3-6/h1-3,10H,4,9H2. The lowest BCUT2D eigenvalue weighted by Crippen LogP contribution is -1.91. The van der Waals surface area contributed by atoms with Crippen LogP contribution in [0.1, 0.15) is 5.56 Å². The number of thiol groups is 1. The van der Waals surface area contributed by atoms with E-state index in [1.807, 2.05) is 0 Å². The number of rotatable bonds is 1. The van der Waals surface area contributed by atoms with Crippen molar-refractivity contribution in [1.82, 2.24) is 0 Å². The Morgan fingerprint density at radius 1 is 1.50 bits per heavy atom. The summed E-state index contributed by atoms with van der Waals surface area (Å²) in [7, 11) is 0. The molecule has 0 heterocycles. The van der Waals surface area contributed by atoms with Gasteiger partial charge >= 0.3 is 0 Å². The third-order valence-corrected chi connectivity index (χ3v) is 1.62. The number of nitrogens with two attached hydrogens (primary N) is 1. The van der Waals surface area contributed by atoms with Gasteiger partial charge in [0, 0.05) is 11.4 Å². The van der Waals surface area contributed by atoms with Crippen LogP contribution in [0.5, 0.6) is 0 Å². The van der Waals surface area contributed by atoms with Crippen molar-refractivity contribution in [2.45, 2.75) is 5.75 Å². The second kappa shape index (κ2) is 2.92. The molecule has 0 saturated carbocycles. The Hall–Kier alpha value is -0.700. The number of hydrogen-bond donors (Lipinski definition) is 2. The summed E-state index contributed by atoms with van der Waals surface area (Å²) in [5.41, 5.74) is 6.78. The van der Waals surface area contributed by atoms with Gasteiger partial charge in [0.2, 0.25) is 0 Å². The van der Waals surface area contributed by atoms with Gasteiger partial charge in [-0.2, -0.15) is 12.6 Å². The van der Waals surface area contributed by atoms with Gasteiger partial charge in [-0.1, -0.05) is 6.07 Å². The van der Waals surface area contributed by atoms with Crippen molar-refractivity contribution in [3.63, 3.8) is 0 Å². The van der Waals surface area contributed by atoms with Crippen molar-refractivity contribution in [2.24, 2.45) is 0 Å². The van der Waals surface area contributed by atoms with Crippen LogP contribution >= 0.6 is 12.6 Å². The van der Waals surface area contributed by atoms with E-state index in [0.717, 1.165) is 5.56 Å². The SMILES string of the molecule is Nc1cc(F)ccc1CS. The molecule has 0 saturated heterocycles. The van der Waals surface area contributed by atoms with E-state index >= 15 is 0 Å². The fourth-order valence-electron chi connectivity index (χ4n) is 0.710. The van der Waals surface area contributed by atoms with Gasteiger partial charge in [0.15, 0.2) is 0 Å². The fourth-order valence-corrected chi connectivity index (χ4v) is 0.998. The first-order valence-electron chi connectivity index (χ1n) is 2.89. The molecule has 1 aromatic rings. The fraction of sp³-hybridized carbons (Fsp3) is 0.143. The lowest BCUT2D eigenvalue weighted by atomic mass is 10.2. The Morgan fingerprint density at radius 3 is 2.70 bits per heavy atom. The lowest BCUT2D eigenvalue weighted by molar-refractivity contribution is 0.628. The zero-order valence-electron chi connectivity index (χ0n) is 5.34. The molecule has 1 aromatic carbocycles. The molecule has 2 N–H and O–H groups in total. The monoisotopic (exact) mass is 157 g/mol. The molecule has 0 fully saturated rings. The third-order valence-electron chi connectivity index (χ3n) is 1.28. The summed E-state index contributed by atoms with van der Waals surface area (Å²) >= 11 is 4.01. The van der Waals surface area contributed by atoms with Crippen molar-refractivity contribution in [3.05, 3.63) is 29.6 Å². The van der Waals surface area contributed by atoms with Crippen molar-refractivity contribution in [2.75, 3.05) is 5.73 Å². The molecule has 0 radical (unpaired) electrons. The Kier molecular flexibility index (Phi) is 2.17. The molecule has 1 rings (SSSR count). The average Bonchev–Trinajstić information content (AvgIpc) is 1.88. The normalized spacial score (nSPS) is 9.80. The first-order chi connectivity index (χ1) is 4.74. The van der Waals surface area contributed by atoms with Gasteiger partial charge in [-0.05, 0) is 17.7 Å². The molecule has 0 aliphatic carbocycles. The molecule has 0 atom stereocenters. The highest BCUT2D eigenvalue weighted by Crippen LogP contribution is 2.14. The molecule has 0 aromatic heterocycles. The van der Waals surface area contributed by atoms with Crippen LogP contribution in [0.15, 0.2) is 18.2 Å². The molecular weight excluding hydrogens is 149 g/mol. The minimum Gasteiger partial charge on any atom is -0.398 e. The van der Waals surface area contributed by atoms with Crippen molar-refractivity contribution < 1.29 is 4.39 Å². The minimum atomic E-state index is -0.303. The van der Waals surface area contributed by atoms with Gasteiger partial charge in [-0.3, -0.25) is 0 Å². The Labute approximate surface area is 64.5 Å². The zero-order chi connectivity index (χ0) is 7.56. The minimum absolute atomic E-state index is 0.303. The van der Waals surface area contributed by atoms with E-state index in [1.165, 1.54) is 12.1 Å². The number of benzene rings is 1. The van der Waals surface area contributed by atoms with E-state index in [1.54, 1.807) is 6.07 Å². The summed E-state index contributed by atoms with van der Waals surface area (Å²) in [6.07, 6.45) is 0. The molecule has 1 nitrogen and oxygen atoms in total. The molecule has 0 aliphatic rings. The van der Waals surface area contributed by atoms with E-state index in [2.05, 4.69) is 12.6 Å².